The first-order chi connectivity index (χ1) is 22.7. The van der Waals surface area contributed by atoms with Crippen LogP contribution in [0.3, 0.4) is 0 Å². The topological polar surface area (TPSA) is 277 Å². The summed E-state index contributed by atoms with van der Waals surface area (Å²) in [7, 11) is 0. The van der Waals surface area contributed by atoms with E-state index >= 15 is 0 Å². The van der Waals surface area contributed by atoms with Crippen LogP contribution in [0.2, 0.25) is 0 Å². The predicted octanol–water partition coefficient (Wildman–Crippen LogP) is 2.05. The second kappa shape index (κ2) is 12.6. The van der Waals surface area contributed by atoms with Crippen molar-refractivity contribution in [2.45, 2.75) is 140 Å². The zero-order valence-electron chi connectivity index (χ0n) is 29.3. The number of carbonyl (C=O) groups excluding carboxylic acids is 2. The lowest BCUT2D eigenvalue weighted by molar-refractivity contribution is -0.239. The van der Waals surface area contributed by atoms with E-state index in [-0.39, 0.29) is 44.9 Å². The van der Waals surface area contributed by atoms with Crippen LogP contribution in [0.5, 0.6) is 0 Å². The van der Waals surface area contributed by atoms with Gasteiger partial charge in [-0.3, -0.25) is 19.2 Å². The maximum absolute atomic E-state index is 13.9. The average molecular weight is 713 g/mol. The quantitative estimate of drug-likeness (QED) is 0.0976. The summed E-state index contributed by atoms with van der Waals surface area (Å²) in [5.41, 5.74) is -14.0. The molecule has 0 amide bonds. The fourth-order valence-corrected chi connectivity index (χ4v) is 10.6. The fourth-order valence-electron chi connectivity index (χ4n) is 10.6. The average Bonchev–Trinajstić information content (AvgIpc) is 3.24. The number of fused-ring (bicyclic) bond motifs is 5. The molecule has 0 aromatic carbocycles. The molecule has 3 saturated carbocycles. The minimum atomic E-state index is -2.43. The van der Waals surface area contributed by atoms with Crippen molar-refractivity contribution in [3.05, 3.63) is 11.6 Å². The van der Waals surface area contributed by atoms with E-state index in [0.29, 0.717) is 5.57 Å². The Morgan fingerprint density at radius 3 is 1.96 bits per heavy atom. The standard InChI is InChI=1S/C35H52O15/c1-28(2,17-27(43)50-49)10-11-32(45,14-24(37)38)31(5,44)23-7-9-35(48)20-12-22(36)21-13-33(46,15-25(39)40)34(47,16-26(41)42)18-29(21,3)19(20)6-8-30(23,35)4/h12,19,21,23,44-49H,6-11,13-18H2,1-5H3,(H,37,38)(H,39,40)(H,41,42)/t19-,21-,23-,29+,30+,31+,32+,33+,34+,35?/m0/s1. The highest BCUT2D eigenvalue weighted by molar-refractivity contribution is 5.95. The summed E-state index contributed by atoms with van der Waals surface area (Å²) in [6.45, 7) is 8.03. The molecule has 15 heteroatoms. The summed E-state index contributed by atoms with van der Waals surface area (Å²) in [5, 5.41) is 98.0. The van der Waals surface area contributed by atoms with Crippen molar-refractivity contribution in [3.8, 4) is 0 Å². The van der Waals surface area contributed by atoms with Crippen molar-refractivity contribution in [1.82, 2.24) is 0 Å². The lowest BCUT2D eigenvalue weighted by Crippen LogP contribution is -2.69. The Balaban J connectivity index is 1.74. The van der Waals surface area contributed by atoms with Crippen LogP contribution in [-0.2, 0) is 28.9 Å². The first kappa shape index (κ1) is 39.8. The van der Waals surface area contributed by atoms with Crippen LogP contribution in [0.4, 0.5) is 0 Å². The second-order valence-electron chi connectivity index (χ2n) is 17.2. The van der Waals surface area contributed by atoms with Gasteiger partial charge in [-0.1, -0.05) is 27.7 Å². The van der Waals surface area contributed by atoms with E-state index in [2.05, 4.69) is 4.89 Å². The zero-order valence-corrected chi connectivity index (χ0v) is 29.3. The Labute approximate surface area is 289 Å². The molecule has 0 heterocycles. The molecule has 4 aliphatic rings. The minimum absolute atomic E-state index is 0.0139. The van der Waals surface area contributed by atoms with Crippen LogP contribution < -0.4 is 0 Å². The van der Waals surface area contributed by atoms with E-state index in [1.807, 2.05) is 0 Å². The summed E-state index contributed by atoms with van der Waals surface area (Å²) in [4.78, 5) is 65.2. The molecule has 0 aliphatic heterocycles. The largest absolute Gasteiger partial charge is 0.481 e. The van der Waals surface area contributed by atoms with Crippen LogP contribution in [0, 0.1) is 34.0 Å². The van der Waals surface area contributed by atoms with Gasteiger partial charge in [-0.15, -0.1) is 0 Å². The Morgan fingerprint density at radius 2 is 1.42 bits per heavy atom. The van der Waals surface area contributed by atoms with E-state index in [9.17, 15) is 64.8 Å². The highest BCUT2D eigenvalue weighted by Gasteiger charge is 2.72. The number of rotatable bonds is 13. The third-order valence-corrected chi connectivity index (χ3v) is 13.5. The van der Waals surface area contributed by atoms with Gasteiger partial charge in [0.15, 0.2) is 5.78 Å². The molecule has 15 nitrogen and oxygen atoms in total. The normalized spacial score (nSPS) is 39.1. The molecule has 10 atom stereocenters. The third-order valence-electron chi connectivity index (χ3n) is 13.5. The fraction of sp³-hybridized carbons (Fsp3) is 0.800. The maximum atomic E-state index is 13.9. The number of hydrogen-bond donors (Lipinski definition) is 9. The molecule has 4 rings (SSSR count). The van der Waals surface area contributed by atoms with Crippen LogP contribution in [0.15, 0.2) is 11.6 Å². The molecule has 0 aromatic rings. The molecule has 0 saturated heterocycles. The van der Waals surface area contributed by atoms with Gasteiger partial charge in [-0.2, -0.15) is 5.26 Å². The molecule has 0 bridgehead atoms. The van der Waals surface area contributed by atoms with E-state index in [0.717, 1.165) is 0 Å². The maximum Gasteiger partial charge on any atom is 0.342 e. The van der Waals surface area contributed by atoms with Crippen molar-refractivity contribution in [2.75, 3.05) is 0 Å². The van der Waals surface area contributed by atoms with Gasteiger partial charge in [0.2, 0.25) is 0 Å². The number of allylic oxidation sites excluding steroid dienone is 1. The van der Waals surface area contributed by atoms with Gasteiger partial charge in [0, 0.05) is 11.3 Å². The number of ketones is 1. The highest BCUT2D eigenvalue weighted by Crippen LogP contribution is 2.70. The van der Waals surface area contributed by atoms with Crippen molar-refractivity contribution in [1.29, 1.82) is 0 Å². The molecule has 4 aliphatic carbocycles. The smallest absolute Gasteiger partial charge is 0.342 e. The summed E-state index contributed by atoms with van der Waals surface area (Å²) >= 11 is 0. The van der Waals surface area contributed by atoms with Gasteiger partial charge in [-0.25, -0.2) is 4.79 Å². The Kier molecular flexibility index (Phi) is 10.1. The molecule has 9 N–H and O–H groups in total. The number of carbonyl (C=O) groups is 5. The van der Waals surface area contributed by atoms with Gasteiger partial charge < -0.3 is 45.7 Å². The van der Waals surface area contributed by atoms with Crippen LogP contribution in [-0.4, -0.2) is 104 Å². The molecule has 0 radical (unpaired) electrons. The van der Waals surface area contributed by atoms with E-state index < -0.39 is 124 Å². The van der Waals surface area contributed by atoms with Gasteiger partial charge in [-0.05, 0) is 92.6 Å². The first-order valence-electron chi connectivity index (χ1n) is 17.0. The second-order valence-corrected chi connectivity index (χ2v) is 17.2. The van der Waals surface area contributed by atoms with Crippen molar-refractivity contribution >= 4 is 29.7 Å². The van der Waals surface area contributed by atoms with Gasteiger partial charge >= 0.3 is 23.9 Å². The number of carboxylic acids is 3. The predicted molar refractivity (Wildman–Crippen MR) is 171 cm³/mol. The molecule has 3 fully saturated rings. The Bertz CT molecular complexity index is 1470. The number of hydrogen-bond acceptors (Lipinski definition) is 12. The summed E-state index contributed by atoms with van der Waals surface area (Å²) in [6, 6.07) is 0. The lowest BCUT2D eigenvalue weighted by atomic mass is 9.42. The van der Waals surface area contributed by atoms with Crippen molar-refractivity contribution in [2.24, 2.45) is 34.0 Å². The third kappa shape index (κ3) is 6.27. The molecule has 0 spiro atoms. The summed E-state index contributed by atoms with van der Waals surface area (Å²) in [6.07, 6.45) is -2.38. The van der Waals surface area contributed by atoms with Crippen molar-refractivity contribution < 1.29 is 75.0 Å². The van der Waals surface area contributed by atoms with Crippen molar-refractivity contribution in [3.63, 3.8) is 0 Å². The lowest BCUT2D eigenvalue weighted by Gasteiger charge is -2.64. The van der Waals surface area contributed by atoms with Crippen LogP contribution >= 0.6 is 0 Å². The summed E-state index contributed by atoms with van der Waals surface area (Å²) < 4.78 is 0. The van der Waals surface area contributed by atoms with E-state index in [1.54, 1.807) is 27.7 Å². The molecular formula is C35H52O15. The van der Waals surface area contributed by atoms with Gasteiger partial charge in [0.1, 0.15) is 16.8 Å². The molecule has 282 valence electrons. The van der Waals surface area contributed by atoms with Gasteiger partial charge in [0.05, 0.1) is 36.9 Å². The molecule has 0 aromatic heterocycles. The minimum Gasteiger partial charge on any atom is -0.481 e. The molecular weight excluding hydrogens is 660 g/mol. The molecule has 50 heavy (non-hydrogen) atoms. The van der Waals surface area contributed by atoms with Crippen LogP contribution in [0.1, 0.15) is 112 Å². The van der Waals surface area contributed by atoms with E-state index in [1.165, 1.54) is 13.0 Å². The van der Waals surface area contributed by atoms with E-state index in [4.69, 9.17) is 5.26 Å². The Hall–Kier alpha value is -2.95. The van der Waals surface area contributed by atoms with Crippen LogP contribution in [0.25, 0.3) is 0 Å². The zero-order chi connectivity index (χ0) is 38.1. The highest BCUT2D eigenvalue weighted by atomic mass is 17.1. The van der Waals surface area contributed by atoms with Gasteiger partial charge in [0.25, 0.3) is 0 Å². The first-order valence-corrected chi connectivity index (χ1v) is 17.0. The SMILES string of the molecule is CC(C)(CC[C@@](O)(CC(=O)O)[C@](C)(O)[C@H]1CCC2(O)C3=CC(=O)[C@@H]4C[C@@](O)(CC(=O)O)[C@@](O)(CC(=O)O)C[C@]4(C)[C@H]3CC[C@]12C)CC(=O)OO. The Morgan fingerprint density at radius 1 is 0.840 bits per heavy atom. The number of aliphatic carboxylic acids is 3. The molecule has 1 unspecified atom stereocenters. The number of aliphatic hydroxyl groups is 5. The monoisotopic (exact) mass is 712 g/mol. The number of carboxylic acid groups (broad SMARTS) is 3. The summed E-state index contributed by atoms with van der Waals surface area (Å²) in [5.74, 6) is -8.33.